The number of allylic oxidation sites excluding steroid dienone is 2. The van der Waals surface area contributed by atoms with Crippen LogP contribution in [0.1, 0.15) is 79.6 Å². The van der Waals surface area contributed by atoms with E-state index in [0.717, 1.165) is 25.7 Å². The number of carbonyl (C=O) groups excluding carboxylic acids is 1. The fourth-order valence-electron chi connectivity index (χ4n) is 4.17. The number of ether oxygens (including phenoxy) is 1. The van der Waals surface area contributed by atoms with Gasteiger partial charge in [0.05, 0.1) is 13.0 Å². The van der Waals surface area contributed by atoms with Crippen molar-refractivity contribution in [2.75, 3.05) is 7.11 Å². The monoisotopic (exact) mass is 338 g/mol. The van der Waals surface area contributed by atoms with E-state index < -0.39 is 0 Å². The maximum atomic E-state index is 11.6. The summed E-state index contributed by atoms with van der Waals surface area (Å²) in [5, 5.41) is 0. The molecule has 1 heterocycles. The summed E-state index contributed by atoms with van der Waals surface area (Å²) >= 11 is 0. The smallest absolute Gasteiger partial charge is 0.311 e. The maximum absolute atomic E-state index is 11.6. The number of methoxy groups -OCH3 is 1. The van der Waals surface area contributed by atoms with Crippen molar-refractivity contribution in [1.82, 2.24) is 0 Å². The molecule has 0 amide bonds. The van der Waals surface area contributed by atoms with Crippen LogP contribution in [0.3, 0.4) is 0 Å². The molecule has 0 aromatic heterocycles. The highest BCUT2D eigenvalue weighted by molar-refractivity contribution is 5.72. The Morgan fingerprint density at radius 1 is 1.33 bits per heavy atom. The van der Waals surface area contributed by atoms with E-state index in [0.29, 0.717) is 5.41 Å². The lowest BCUT2D eigenvalue weighted by Crippen LogP contribution is -2.42. The molecule has 0 aromatic carbocycles. The Morgan fingerprint density at radius 2 is 2.04 bits per heavy atom. The molecular weight excluding hydrogens is 304 g/mol. The molecule has 1 fully saturated rings. The van der Waals surface area contributed by atoms with E-state index in [1.807, 2.05) is 6.92 Å². The van der Waals surface area contributed by atoms with E-state index in [1.54, 1.807) is 11.1 Å². The lowest BCUT2D eigenvalue weighted by Gasteiger charge is -2.40. The molecule has 0 bridgehead atoms. The average Bonchev–Trinajstić information content (AvgIpc) is 2.53. The topological polar surface area (TPSA) is 44.8 Å². The van der Waals surface area contributed by atoms with E-state index in [1.165, 1.54) is 26.4 Å². The third kappa shape index (κ3) is 4.40. The van der Waals surface area contributed by atoms with E-state index in [4.69, 9.17) is 14.5 Å². The highest BCUT2D eigenvalue weighted by Crippen LogP contribution is 2.44. The zero-order chi connectivity index (χ0) is 18.0. The molecule has 1 aliphatic heterocycles. The Hall–Kier alpha value is -0.870. The Bertz CT molecular complexity index is 484. The largest absolute Gasteiger partial charge is 0.469 e. The van der Waals surface area contributed by atoms with Crippen molar-refractivity contribution >= 4 is 5.97 Å². The molecule has 0 unspecified atom stereocenters. The number of hydrogen-bond acceptors (Lipinski definition) is 4. The standard InChI is InChI=1S/C20H34O4/c1-14-8-7-11-19(3,4)16(14)9-12-20(5)13-10-17(23-24-20)15(2)18(21)22-6/h15,17H,7-13H2,1-6H3/t15-,17+,20+/m0/s1. The van der Waals surface area contributed by atoms with Crippen LogP contribution in [0.2, 0.25) is 0 Å². The summed E-state index contributed by atoms with van der Waals surface area (Å²) in [5.74, 6) is -0.529. The van der Waals surface area contributed by atoms with Crippen molar-refractivity contribution in [1.29, 1.82) is 0 Å². The molecule has 2 aliphatic rings. The van der Waals surface area contributed by atoms with Gasteiger partial charge in [-0.05, 0) is 71.1 Å². The lowest BCUT2D eigenvalue weighted by atomic mass is 9.70. The van der Waals surface area contributed by atoms with Crippen molar-refractivity contribution in [3.05, 3.63) is 11.1 Å². The molecular formula is C20H34O4. The predicted octanol–water partition coefficient (Wildman–Crippen LogP) is 4.97. The first-order valence-corrected chi connectivity index (χ1v) is 9.30. The van der Waals surface area contributed by atoms with Crippen LogP contribution in [-0.4, -0.2) is 24.8 Å². The summed E-state index contributed by atoms with van der Waals surface area (Å²) < 4.78 is 4.80. The molecule has 0 radical (unpaired) electrons. The third-order valence-corrected chi connectivity index (χ3v) is 6.05. The van der Waals surface area contributed by atoms with Gasteiger partial charge < -0.3 is 4.74 Å². The summed E-state index contributed by atoms with van der Waals surface area (Å²) in [7, 11) is 1.41. The van der Waals surface area contributed by atoms with Gasteiger partial charge in [-0.15, -0.1) is 0 Å². The Labute approximate surface area is 146 Å². The van der Waals surface area contributed by atoms with E-state index in [9.17, 15) is 4.79 Å². The normalized spacial score (nSPS) is 31.7. The minimum absolute atomic E-state index is 0.211. The number of carbonyl (C=O) groups is 1. The van der Waals surface area contributed by atoms with Crippen LogP contribution < -0.4 is 0 Å². The van der Waals surface area contributed by atoms with Gasteiger partial charge in [0.25, 0.3) is 0 Å². The van der Waals surface area contributed by atoms with Crippen LogP contribution in [0.5, 0.6) is 0 Å². The van der Waals surface area contributed by atoms with E-state index >= 15 is 0 Å². The lowest BCUT2D eigenvalue weighted by molar-refractivity contribution is -0.411. The summed E-state index contributed by atoms with van der Waals surface area (Å²) in [6, 6.07) is 0. The second-order valence-electron chi connectivity index (χ2n) is 8.51. The first-order chi connectivity index (χ1) is 11.2. The number of esters is 1. The van der Waals surface area contributed by atoms with Crippen LogP contribution in [0.25, 0.3) is 0 Å². The van der Waals surface area contributed by atoms with Gasteiger partial charge >= 0.3 is 5.97 Å². The Kier molecular flexibility index (Phi) is 6.14. The molecule has 1 saturated heterocycles. The van der Waals surface area contributed by atoms with Gasteiger partial charge in [-0.1, -0.05) is 25.0 Å². The van der Waals surface area contributed by atoms with Gasteiger partial charge in [-0.3, -0.25) is 4.79 Å². The summed E-state index contributed by atoms with van der Waals surface area (Å²) in [5.41, 5.74) is 3.19. The molecule has 0 N–H and O–H groups in total. The van der Waals surface area contributed by atoms with Crippen LogP contribution in [0.4, 0.5) is 0 Å². The highest BCUT2D eigenvalue weighted by atomic mass is 17.2. The molecule has 0 spiro atoms. The minimum Gasteiger partial charge on any atom is -0.469 e. The maximum Gasteiger partial charge on any atom is 0.311 e. The third-order valence-electron chi connectivity index (χ3n) is 6.05. The van der Waals surface area contributed by atoms with Crippen molar-refractivity contribution in [3.63, 3.8) is 0 Å². The van der Waals surface area contributed by atoms with Gasteiger partial charge in [0.2, 0.25) is 0 Å². The molecule has 24 heavy (non-hydrogen) atoms. The molecule has 138 valence electrons. The van der Waals surface area contributed by atoms with Gasteiger partial charge in [-0.25, -0.2) is 9.78 Å². The molecule has 4 heteroatoms. The van der Waals surface area contributed by atoms with E-state index in [2.05, 4.69) is 27.7 Å². The fraction of sp³-hybridized carbons (Fsp3) is 0.850. The molecule has 0 aromatic rings. The minimum atomic E-state index is -0.290. The van der Waals surface area contributed by atoms with Crippen molar-refractivity contribution < 1.29 is 19.3 Å². The van der Waals surface area contributed by atoms with Crippen LogP contribution in [0, 0.1) is 11.3 Å². The summed E-state index contributed by atoms with van der Waals surface area (Å²) in [6.45, 7) is 11.0. The second-order valence-corrected chi connectivity index (χ2v) is 8.51. The molecule has 3 atom stereocenters. The van der Waals surface area contributed by atoms with Gasteiger partial charge in [-0.2, -0.15) is 0 Å². The van der Waals surface area contributed by atoms with Gasteiger partial charge in [0.1, 0.15) is 11.7 Å². The van der Waals surface area contributed by atoms with Crippen molar-refractivity contribution in [3.8, 4) is 0 Å². The summed E-state index contributed by atoms with van der Waals surface area (Å²) in [6.07, 6.45) is 7.35. The first kappa shape index (κ1) is 19.5. The molecule has 4 nitrogen and oxygen atoms in total. The molecule has 2 rings (SSSR count). The highest BCUT2D eigenvalue weighted by Gasteiger charge is 2.39. The van der Waals surface area contributed by atoms with Gasteiger partial charge in [0, 0.05) is 0 Å². The van der Waals surface area contributed by atoms with E-state index in [-0.39, 0.29) is 23.6 Å². The summed E-state index contributed by atoms with van der Waals surface area (Å²) in [4.78, 5) is 23.0. The predicted molar refractivity (Wildman–Crippen MR) is 94.3 cm³/mol. The van der Waals surface area contributed by atoms with Crippen molar-refractivity contribution in [2.45, 2.75) is 91.3 Å². The quantitative estimate of drug-likeness (QED) is 0.403. The zero-order valence-corrected chi connectivity index (χ0v) is 16.2. The number of rotatable bonds is 5. The zero-order valence-electron chi connectivity index (χ0n) is 16.2. The van der Waals surface area contributed by atoms with Crippen LogP contribution >= 0.6 is 0 Å². The average molecular weight is 338 g/mol. The Balaban J connectivity index is 1.91. The van der Waals surface area contributed by atoms with Crippen molar-refractivity contribution in [2.24, 2.45) is 11.3 Å². The fourth-order valence-corrected chi connectivity index (χ4v) is 4.17. The first-order valence-electron chi connectivity index (χ1n) is 9.30. The SMILES string of the molecule is COC(=O)[C@@H](C)[C@H]1CC[C@@](C)(CCC2=C(C)CCCC2(C)C)OO1. The van der Waals surface area contributed by atoms with Gasteiger partial charge in [0.15, 0.2) is 0 Å². The number of hydrogen-bond donors (Lipinski definition) is 0. The van der Waals surface area contributed by atoms with Crippen LogP contribution in [0.15, 0.2) is 11.1 Å². The second kappa shape index (κ2) is 7.57. The Morgan fingerprint density at radius 3 is 2.58 bits per heavy atom. The van der Waals surface area contributed by atoms with Crippen LogP contribution in [-0.2, 0) is 19.3 Å². The molecule has 0 saturated carbocycles. The molecule has 1 aliphatic carbocycles.